The molecule has 3 nitrogen and oxygen atoms in total. The van der Waals surface area contributed by atoms with E-state index >= 15 is 0 Å². The van der Waals surface area contributed by atoms with E-state index in [1.165, 1.54) is 0 Å². The van der Waals surface area contributed by atoms with E-state index in [-0.39, 0.29) is 30.5 Å². The minimum absolute atomic E-state index is 0.0138. The quantitative estimate of drug-likeness (QED) is 0.644. The van der Waals surface area contributed by atoms with Gasteiger partial charge in [-0.2, -0.15) is 13.2 Å². The number of primary amides is 1. The van der Waals surface area contributed by atoms with Gasteiger partial charge in [0.2, 0.25) is 5.91 Å². The van der Waals surface area contributed by atoms with Crippen molar-refractivity contribution in [2.45, 2.75) is 18.3 Å². The second kappa shape index (κ2) is 6.94. The Bertz CT molecular complexity index is 175. The van der Waals surface area contributed by atoms with Gasteiger partial charge in [0, 0.05) is 18.7 Å². The van der Waals surface area contributed by atoms with E-state index in [0.717, 1.165) is 0 Å². The molecule has 14 heavy (non-hydrogen) atoms. The predicted octanol–water partition coefficient (Wildman–Crippen LogP) is 1.09. The van der Waals surface area contributed by atoms with E-state index in [9.17, 15) is 18.0 Å². The Morgan fingerprint density at radius 2 is 2.00 bits per heavy atom. The molecule has 0 aromatic rings. The molecule has 0 aliphatic rings. The first kappa shape index (κ1) is 13.6. The van der Waals surface area contributed by atoms with Crippen molar-refractivity contribution >= 4 is 17.7 Å². The second-order valence-corrected chi connectivity index (χ2v) is 3.77. The molecule has 7 heteroatoms. The molecular weight excluding hydrogens is 217 g/mol. The predicted molar refractivity (Wildman–Crippen MR) is 49.8 cm³/mol. The van der Waals surface area contributed by atoms with Crippen molar-refractivity contribution in [3.63, 3.8) is 0 Å². The molecule has 0 unspecified atom stereocenters. The van der Waals surface area contributed by atoms with Crippen molar-refractivity contribution in [2.24, 2.45) is 5.73 Å². The van der Waals surface area contributed by atoms with Gasteiger partial charge in [0.1, 0.15) is 0 Å². The van der Waals surface area contributed by atoms with Crippen LogP contribution in [-0.2, 0) is 4.79 Å². The van der Waals surface area contributed by atoms with Gasteiger partial charge in [0.05, 0.1) is 0 Å². The number of nitrogens with one attached hydrogen (secondary N) is 1. The number of thioether (sulfide) groups is 1. The lowest BCUT2D eigenvalue weighted by Gasteiger charge is -2.06. The molecule has 0 rings (SSSR count). The van der Waals surface area contributed by atoms with Gasteiger partial charge in [-0.3, -0.25) is 4.79 Å². The third-order valence-electron chi connectivity index (χ3n) is 1.32. The number of carbonyl (C=O) groups is 1. The van der Waals surface area contributed by atoms with Gasteiger partial charge in [-0.05, 0) is 24.7 Å². The van der Waals surface area contributed by atoms with Gasteiger partial charge < -0.3 is 11.1 Å². The summed E-state index contributed by atoms with van der Waals surface area (Å²) in [4.78, 5) is 10.3. The van der Waals surface area contributed by atoms with Crippen molar-refractivity contribution in [1.82, 2.24) is 5.32 Å². The SMILES string of the molecule is NC(=O)CCCNCCSC(F)(F)F. The van der Waals surface area contributed by atoms with Crippen molar-refractivity contribution in [2.75, 3.05) is 18.8 Å². The number of hydrogen-bond donors (Lipinski definition) is 2. The highest BCUT2D eigenvalue weighted by Gasteiger charge is 2.27. The van der Waals surface area contributed by atoms with Crippen LogP contribution in [-0.4, -0.2) is 30.3 Å². The summed E-state index contributed by atoms with van der Waals surface area (Å²) in [5.74, 6) is -0.406. The molecule has 0 aromatic heterocycles. The Morgan fingerprint density at radius 3 is 2.50 bits per heavy atom. The Morgan fingerprint density at radius 1 is 1.36 bits per heavy atom. The Labute approximate surface area is 84.6 Å². The van der Waals surface area contributed by atoms with Crippen LogP contribution >= 0.6 is 11.8 Å². The number of amides is 1. The highest BCUT2D eigenvalue weighted by atomic mass is 32.2. The van der Waals surface area contributed by atoms with Gasteiger partial charge in [-0.15, -0.1) is 0 Å². The minimum atomic E-state index is -4.16. The number of nitrogens with two attached hydrogens (primary N) is 1. The first-order chi connectivity index (χ1) is 6.42. The van der Waals surface area contributed by atoms with Crippen LogP contribution in [0.25, 0.3) is 0 Å². The molecule has 84 valence electrons. The maximum Gasteiger partial charge on any atom is 0.441 e. The molecule has 0 atom stereocenters. The third kappa shape index (κ3) is 11.6. The molecule has 0 heterocycles. The topological polar surface area (TPSA) is 55.1 Å². The van der Waals surface area contributed by atoms with Crippen LogP contribution in [0.15, 0.2) is 0 Å². The van der Waals surface area contributed by atoms with E-state index in [4.69, 9.17) is 5.73 Å². The molecule has 0 radical (unpaired) electrons. The number of carbonyl (C=O) groups excluding carboxylic acids is 1. The van der Waals surface area contributed by atoms with Gasteiger partial charge in [0.25, 0.3) is 0 Å². The fraction of sp³-hybridized carbons (Fsp3) is 0.857. The molecule has 0 saturated carbocycles. The zero-order chi connectivity index (χ0) is 11.0. The Balaban J connectivity index is 3.11. The lowest BCUT2D eigenvalue weighted by molar-refractivity contribution is -0.118. The van der Waals surface area contributed by atoms with E-state index in [2.05, 4.69) is 5.32 Å². The molecule has 0 bridgehead atoms. The molecule has 0 fully saturated rings. The summed E-state index contributed by atoms with van der Waals surface area (Å²) >= 11 is -0.0562. The second-order valence-electron chi connectivity index (χ2n) is 2.61. The van der Waals surface area contributed by atoms with Gasteiger partial charge in [-0.25, -0.2) is 0 Å². The third-order valence-corrected chi connectivity index (χ3v) is 2.06. The summed E-state index contributed by atoms with van der Waals surface area (Å²) in [7, 11) is 0. The Hall–Kier alpha value is -0.430. The first-order valence-corrected chi connectivity index (χ1v) is 5.10. The zero-order valence-electron chi connectivity index (χ0n) is 7.56. The standard InChI is InChI=1S/C7H13F3N2OS/c8-7(9,10)14-5-4-12-3-1-2-6(11)13/h12H,1-5H2,(H2,11,13). The smallest absolute Gasteiger partial charge is 0.370 e. The maximum absolute atomic E-state index is 11.6. The monoisotopic (exact) mass is 230 g/mol. The van der Waals surface area contributed by atoms with Crippen LogP contribution < -0.4 is 11.1 Å². The van der Waals surface area contributed by atoms with Crippen LogP contribution in [0.2, 0.25) is 0 Å². The lowest BCUT2D eigenvalue weighted by atomic mass is 10.3. The zero-order valence-corrected chi connectivity index (χ0v) is 8.38. The van der Waals surface area contributed by atoms with Crippen LogP contribution in [0.3, 0.4) is 0 Å². The van der Waals surface area contributed by atoms with E-state index in [0.29, 0.717) is 13.0 Å². The number of rotatable bonds is 7. The summed E-state index contributed by atoms with van der Waals surface area (Å²) < 4.78 is 34.8. The molecule has 0 aromatic carbocycles. The van der Waals surface area contributed by atoms with E-state index < -0.39 is 11.4 Å². The summed E-state index contributed by atoms with van der Waals surface area (Å²) in [6.07, 6.45) is 0.825. The normalized spacial score (nSPS) is 11.6. The summed E-state index contributed by atoms with van der Waals surface area (Å²) in [6.45, 7) is 0.796. The maximum atomic E-state index is 11.6. The summed E-state index contributed by atoms with van der Waals surface area (Å²) in [5.41, 5.74) is 0.713. The summed E-state index contributed by atoms with van der Waals surface area (Å²) in [6, 6.07) is 0. The molecular formula is C7H13F3N2OS. The van der Waals surface area contributed by atoms with Crippen LogP contribution in [0, 0.1) is 0 Å². The number of halogens is 3. The van der Waals surface area contributed by atoms with Crippen molar-refractivity contribution in [3.05, 3.63) is 0 Å². The van der Waals surface area contributed by atoms with Crippen molar-refractivity contribution in [1.29, 1.82) is 0 Å². The van der Waals surface area contributed by atoms with Crippen LogP contribution in [0.1, 0.15) is 12.8 Å². The van der Waals surface area contributed by atoms with Crippen molar-refractivity contribution < 1.29 is 18.0 Å². The lowest BCUT2D eigenvalue weighted by Crippen LogP contribution is -2.21. The molecule has 0 spiro atoms. The van der Waals surface area contributed by atoms with E-state index in [1.807, 2.05) is 0 Å². The van der Waals surface area contributed by atoms with Crippen LogP contribution in [0.5, 0.6) is 0 Å². The molecule has 0 aliphatic carbocycles. The van der Waals surface area contributed by atoms with Gasteiger partial charge in [-0.1, -0.05) is 0 Å². The molecule has 3 N–H and O–H groups in total. The summed E-state index contributed by atoms with van der Waals surface area (Å²) in [5, 5.41) is 2.78. The Kier molecular flexibility index (Phi) is 6.73. The van der Waals surface area contributed by atoms with Crippen molar-refractivity contribution in [3.8, 4) is 0 Å². The number of alkyl halides is 3. The highest BCUT2D eigenvalue weighted by Crippen LogP contribution is 2.29. The average molecular weight is 230 g/mol. The fourth-order valence-corrected chi connectivity index (χ4v) is 1.23. The minimum Gasteiger partial charge on any atom is -0.370 e. The largest absolute Gasteiger partial charge is 0.441 e. The first-order valence-electron chi connectivity index (χ1n) is 4.11. The highest BCUT2D eigenvalue weighted by molar-refractivity contribution is 8.00. The fourth-order valence-electron chi connectivity index (χ4n) is 0.752. The van der Waals surface area contributed by atoms with Gasteiger partial charge >= 0.3 is 5.51 Å². The molecule has 0 saturated heterocycles. The molecule has 0 aliphatic heterocycles. The van der Waals surface area contributed by atoms with Crippen LogP contribution in [0.4, 0.5) is 13.2 Å². The number of hydrogen-bond acceptors (Lipinski definition) is 3. The molecule has 1 amide bonds. The van der Waals surface area contributed by atoms with Gasteiger partial charge in [0.15, 0.2) is 0 Å². The average Bonchev–Trinajstić information content (AvgIpc) is 2.00. The van der Waals surface area contributed by atoms with E-state index in [1.54, 1.807) is 0 Å².